The molecule has 444 valence electrons. The van der Waals surface area contributed by atoms with E-state index in [1.54, 1.807) is 13.8 Å². The molecule has 0 bridgehead atoms. The van der Waals surface area contributed by atoms with Crippen molar-refractivity contribution in [3.63, 3.8) is 0 Å². The first-order valence-electron chi connectivity index (χ1n) is 27.7. The van der Waals surface area contributed by atoms with Gasteiger partial charge in [0.15, 0.2) is 25.2 Å². The highest BCUT2D eigenvalue weighted by atomic mass is 16.8. The second kappa shape index (κ2) is 23.3. The molecule has 0 spiro atoms. The summed E-state index contributed by atoms with van der Waals surface area (Å²) in [5.41, 5.74) is -1.39. The number of hydrogen-bond acceptors (Lipinski definition) is 23. The SMILES string of the molecule is C[C@H](CC[C@@H](O[C@@H]1O[C@H](CO)[C@@H](O)[C@H](O)[C@H]1OC1O[C@@H](CO)[C@H](O)[C@@H](O)[C@@H]1O)C(C)(C)O)C1CC[C@@]2(C)C3CC=C4C(CC[C@H](O[C@@H]5O[C@H](CO)[C@@H](O[C@@H]6O[C@H](CO)[C@@H](O)[C@H](O)[C@H]6O)[C@H](O)[C@H]5O)C4(C)C)[C@]3(C)C=C[C@]12C. The average molecular weight is 1110 g/mol. The molecular formula is C54H90O23. The van der Waals surface area contributed by atoms with E-state index in [0.29, 0.717) is 19.3 Å². The molecule has 15 N–H and O–H groups in total. The van der Waals surface area contributed by atoms with Gasteiger partial charge in [-0.25, -0.2) is 0 Å². The van der Waals surface area contributed by atoms with E-state index in [-0.39, 0.29) is 39.9 Å². The molecule has 0 radical (unpaired) electrons. The first-order chi connectivity index (χ1) is 36.0. The van der Waals surface area contributed by atoms with Crippen LogP contribution in [-0.2, 0) is 37.9 Å². The van der Waals surface area contributed by atoms with Gasteiger partial charge < -0.3 is 114 Å². The maximum absolute atomic E-state index is 11.6. The van der Waals surface area contributed by atoms with Gasteiger partial charge in [-0.1, -0.05) is 65.3 Å². The van der Waals surface area contributed by atoms with E-state index in [1.165, 1.54) is 5.57 Å². The highest BCUT2D eigenvalue weighted by Crippen LogP contribution is 2.73. The Hall–Kier alpha value is -1.44. The summed E-state index contributed by atoms with van der Waals surface area (Å²) >= 11 is 0. The van der Waals surface area contributed by atoms with Crippen molar-refractivity contribution in [1.29, 1.82) is 0 Å². The highest BCUT2D eigenvalue weighted by molar-refractivity contribution is 5.35. The van der Waals surface area contributed by atoms with Crippen molar-refractivity contribution in [1.82, 2.24) is 0 Å². The second-order valence-corrected chi connectivity index (χ2v) is 25.3. The van der Waals surface area contributed by atoms with E-state index < -0.39 is 172 Å². The van der Waals surface area contributed by atoms with Gasteiger partial charge in [0.05, 0.1) is 44.2 Å². The van der Waals surface area contributed by atoms with E-state index in [4.69, 9.17) is 37.9 Å². The van der Waals surface area contributed by atoms with Crippen molar-refractivity contribution in [2.45, 2.75) is 241 Å². The van der Waals surface area contributed by atoms with Gasteiger partial charge in [0.1, 0.15) is 97.7 Å². The smallest absolute Gasteiger partial charge is 0.187 e. The zero-order valence-electron chi connectivity index (χ0n) is 45.5. The maximum Gasteiger partial charge on any atom is 0.187 e. The lowest BCUT2D eigenvalue weighted by Crippen LogP contribution is -2.65. The molecule has 4 aliphatic carbocycles. The molecule has 4 heterocycles. The number of ether oxygens (including phenoxy) is 8. The van der Waals surface area contributed by atoms with Crippen LogP contribution in [0.3, 0.4) is 0 Å². The van der Waals surface area contributed by atoms with Crippen molar-refractivity contribution in [2.75, 3.05) is 26.4 Å². The third kappa shape index (κ3) is 10.9. The van der Waals surface area contributed by atoms with Crippen molar-refractivity contribution in [2.24, 2.45) is 45.3 Å². The summed E-state index contributed by atoms with van der Waals surface area (Å²) < 4.78 is 47.7. The maximum atomic E-state index is 11.6. The molecule has 4 saturated heterocycles. The van der Waals surface area contributed by atoms with E-state index >= 15 is 0 Å². The van der Waals surface area contributed by atoms with E-state index in [1.807, 2.05) is 0 Å². The number of aliphatic hydroxyl groups excluding tert-OH is 14. The van der Waals surface area contributed by atoms with Crippen LogP contribution in [-0.4, -0.2) is 244 Å². The summed E-state index contributed by atoms with van der Waals surface area (Å²) in [4.78, 5) is 0. The van der Waals surface area contributed by atoms with Crippen molar-refractivity contribution >= 4 is 0 Å². The summed E-state index contributed by atoms with van der Waals surface area (Å²) in [6, 6.07) is 0. The molecular weight excluding hydrogens is 1020 g/mol. The first-order valence-corrected chi connectivity index (χ1v) is 27.7. The topological polar surface area (TPSA) is 377 Å². The lowest BCUT2D eigenvalue weighted by Gasteiger charge is -2.63. The normalized spacial score (nSPS) is 50.8. The van der Waals surface area contributed by atoms with Crippen LogP contribution < -0.4 is 0 Å². The number of hydrogen-bond donors (Lipinski definition) is 15. The van der Waals surface area contributed by atoms with Crippen molar-refractivity contribution < 1.29 is 114 Å². The number of rotatable bonds is 17. The van der Waals surface area contributed by atoms with Crippen LogP contribution in [0.1, 0.15) is 100 Å². The molecule has 23 heteroatoms. The van der Waals surface area contributed by atoms with Gasteiger partial charge in [0.2, 0.25) is 0 Å². The minimum Gasteiger partial charge on any atom is -0.394 e. The van der Waals surface area contributed by atoms with E-state index in [2.05, 4.69) is 59.8 Å². The molecule has 6 fully saturated rings. The quantitative estimate of drug-likeness (QED) is 0.0674. The minimum atomic E-state index is -1.84. The van der Waals surface area contributed by atoms with Crippen molar-refractivity contribution in [3.05, 3.63) is 23.8 Å². The van der Waals surface area contributed by atoms with Crippen LogP contribution in [0.4, 0.5) is 0 Å². The highest BCUT2D eigenvalue weighted by Gasteiger charge is 2.66. The van der Waals surface area contributed by atoms with E-state index in [0.717, 1.165) is 25.7 Å². The Bertz CT molecular complexity index is 2030. The predicted octanol–water partition coefficient (Wildman–Crippen LogP) is -2.43. The van der Waals surface area contributed by atoms with Crippen molar-refractivity contribution in [3.8, 4) is 0 Å². The first kappa shape index (κ1) is 61.6. The standard InChI is InChI=1S/C54H90O23/c1-23(9-13-33(51(4,5)69)75-49-45(39(64)36(61)29(21-57)72-49)77-48-42(67)38(63)35(60)28(20-56)71-48)24-15-16-54(8)31-12-10-25-26(52(31,6)17-18-53(24,54)7)11-14-32(50(25,2)3)74-46-43(68)40(65)44(30(22-58)73-46)76-47-41(66)37(62)34(59)27(19-55)70-47/h10,17-18,23-24,26-49,55-69H,9,11-16,19-22H2,1-8H3/t23-,24?,26?,27-,28+,29-,30-,31?,32+,33-,34-,35+,36-,37+,38-,39+,40-,41-,42+,43-,44-,45-,46+,47+,48?,49+,52+,53-,54+/m1/s1. The van der Waals surface area contributed by atoms with Gasteiger partial charge in [-0.05, 0) is 98.7 Å². The van der Waals surface area contributed by atoms with E-state index in [9.17, 15) is 76.6 Å². The molecule has 23 nitrogen and oxygen atoms in total. The summed E-state index contributed by atoms with van der Waals surface area (Å²) in [6.07, 6.45) is -21.0. The molecule has 77 heavy (non-hydrogen) atoms. The molecule has 4 aliphatic heterocycles. The summed E-state index contributed by atoms with van der Waals surface area (Å²) in [5.74, 6) is 0.770. The summed E-state index contributed by atoms with van der Waals surface area (Å²) in [7, 11) is 0. The Morgan fingerprint density at radius 1 is 0.571 bits per heavy atom. The zero-order valence-corrected chi connectivity index (χ0v) is 45.5. The number of allylic oxidation sites excluding steroid dienone is 3. The second-order valence-electron chi connectivity index (χ2n) is 25.3. The molecule has 8 aliphatic rings. The van der Waals surface area contributed by atoms with Gasteiger partial charge in [-0.3, -0.25) is 0 Å². The number of fused-ring (bicyclic) bond motifs is 5. The van der Waals surface area contributed by atoms with Gasteiger partial charge in [-0.2, -0.15) is 0 Å². The largest absolute Gasteiger partial charge is 0.394 e. The fraction of sp³-hybridized carbons (Fsp3) is 0.926. The van der Waals surface area contributed by atoms with Crippen LogP contribution in [0.5, 0.6) is 0 Å². The van der Waals surface area contributed by atoms with Crippen LogP contribution in [0.2, 0.25) is 0 Å². The van der Waals surface area contributed by atoms with Crippen LogP contribution in [0.15, 0.2) is 23.8 Å². The predicted molar refractivity (Wildman–Crippen MR) is 266 cm³/mol. The molecule has 4 unspecified atom stereocenters. The van der Waals surface area contributed by atoms with Gasteiger partial charge in [0, 0.05) is 5.41 Å². The third-order valence-corrected chi connectivity index (χ3v) is 20.1. The average Bonchev–Trinajstić information content (AvgIpc) is 3.76. The zero-order chi connectivity index (χ0) is 56.6. The monoisotopic (exact) mass is 1110 g/mol. The molecule has 8 rings (SSSR count). The lowest BCUT2D eigenvalue weighted by atomic mass is 9.41. The molecule has 29 atom stereocenters. The van der Waals surface area contributed by atoms with Gasteiger partial charge in [-0.15, -0.1) is 0 Å². The Kier molecular flexibility index (Phi) is 18.7. The van der Waals surface area contributed by atoms with Crippen LogP contribution in [0.25, 0.3) is 0 Å². The Morgan fingerprint density at radius 3 is 1.60 bits per heavy atom. The number of aliphatic hydroxyl groups is 15. The van der Waals surface area contributed by atoms with Crippen LogP contribution >= 0.6 is 0 Å². The lowest BCUT2D eigenvalue weighted by molar-refractivity contribution is -0.375. The minimum absolute atomic E-state index is 0.118. The molecule has 0 aromatic heterocycles. The Morgan fingerprint density at radius 2 is 1.05 bits per heavy atom. The third-order valence-electron chi connectivity index (χ3n) is 20.1. The molecule has 0 amide bonds. The molecule has 0 aromatic rings. The summed E-state index contributed by atoms with van der Waals surface area (Å²) in [5, 5.41) is 159. The fourth-order valence-corrected chi connectivity index (χ4v) is 15.1. The molecule has 0 aromatic carbocycles. The molecule has 2 saturated carbocycles. The Balaban J connectivity index is 0.931. The van der Waals surface area contributed by atoms with Gasteiger partial charge >= 0.3 is 0 Å². The van der Waals surface area contributed by atoms with Gasteiger partial charge in [0.25, 0.3) is 0 Å². The van der Waals surface area contributed by atoms with Crippen LogP contribution in [0, 0.1) is 45.3 Å². The fourth-order valence-electron chi connectivity index (χ4n) is 15.1. The summed E-state index contributed by atoms with van der Waals surface area (Å²) in [6.45, 7) is 13.9. The Labute approximate surface area is 449 Å².